The van der Waals surface area contributed by atoms with E-state index in [2.05, 4.69) is 4.72 Å². The highest BCUT2D eigenvalue weighted by molar-refractivity contribution is 7.89. The van der Waals surface area contributed by atoms with Crippen LogP contribution in [-0.4, -0.2) is 17.6 Å². The first kappa shape index (κ1) is 17.4. The SMILES string of the molecule is CCn1c(=O)n(CC)c2cc(S(=O)(=O)NCc3ccccc3)ccc21. The molecule has 7 heteroatoms. The van der Waals surface area contributed by atoms with Gasteiger partial charge in [-0.25, -0.2) is 17.9 Å². The molecule has 0 atom stereocenters. The number of hydrogen-bond donors (Lipinski definition) is 1. The summed E-state index contributed by atoms with van der Waals surface area (Å²) < 4.78 is 31.1. The Morgan fingerprint density at radius 1 is 0.920 bits per heavy atom. The van der Waals surface area contributed by atoms with Gasteiger partial charge in [-0.05, 0) is 37.6 Å². The summed E-state index contributed by atoms with van der Waals surface area (Å²) in [4.78, 5) is 12.5. The second-order valence-electron chi connectivity index (χ2n) is 5.73. The summed E-state index contributed by atoms with van der Waals surface area (Å²) in [6.07, 6.45) is 0. The third-order valence-corrected chi connectivity index (χ3v) is 5.64. The van der Waals surface area contributed by atoms with Crippen molar-refractivity contribution in [3.63, 3.8) is 0 Å². The number of aryl methyl sites for hydroxylation is 2. The zero-order valence-electron chi connectivity index (χ0n) is 14.3. The molecule has 0 radical (unpaired) electrons. The molecule has 0 aliphatic heterocycles. The van der Waals surface area contributed by atoms with Gasteiger partial charge >= 0.3 is 5.69 Å². The van der Waals surface area contributed by atoms with E-state index < -0.39 is 10.0 Å². The lowest BCUT2D eigenvalue weighted by Gasteiger charge is -2.08. The number of hydrogen-bond acceptors (Lipinski definition) is 3. The molecule has 2 aromatic carbocycles. The topological polar surface area (TPSA) is 73.1 Å². The first-order valence-corrected chi connectivity index (χ1v) is 9.73. The quantitative estimate of drug-likeness (QED) is 0.734. The van der Waals surface area contributed by atoms with Crippen molar-refractivity contribution in [1.29, 1.82) is 0 Å². The van der Waals surface area contributed by atoms with Gasteiger partial charge in [0.1, 0.15) is 0 Å². The number of aromatic nitrogens is 2. The average molecular weight is 359 g/mol. The molecule has 0 bridgehead atoms. The van der Waals surface area contributed by atoms with Gasteiger partial charge in [0.2, 0.25) is 10.0 Å². The highest BCUT2D eigenvalue weighted by Gasteiger charge is 2.18. The van der Waals surface area contributed by atoms with Gasteiger partial charge in [-0.2, -0.15) is 0 Å². The summed E-state index contributed by atoms with van der Waals surface area (Å²) in [5, 5.41) is 0. The Labute approximate surface area is 146 Å². The number of sulfonamides is 1. The van der Waals surface area contributed by atoms with Gasteiger partial charge in [0, 0.05) is 19.6 Å². The number of fused-ring (bicyclic) bond motifs is 1. The smallest absolute Gasteiger partial charge is 0.292 e. The highest BCUT2D eigenvalue weighted by Crippen LogP contribution is 2.19. The molecule has 0 aliphatic rings. The van der Waals surface area contributed by atoms with Crippen LogP contribution in [0.2, 0.25) is 0 Å². The number of imidazole rings is 1. The molecule has 0 fully saturated rings. The maximum Gasteiger partial charge on any atom is 0.329 e. The van der Waals surface area contributed by atoms with Crippen LogP contribution in [0.15, 0.2) is 58.2 Å². The molecular weight excluding hydrogens is 338 g/mol. The Balaban J connectivity index is 1.99. The molecule has 1 N–H and O–H groups in total. The minimum absolute atomic E-state index is 0.119. The third-order valence-electron chi connectivity index (χ3n) is 4.24. The Hall–Kier alpha value is -2.38. The van der Waals surface area contributed by atoms with E-state index >= 15 is 0 Å². The Bertz CT molecular complexity index is 1050. The highest BCUT2D eigenvalue weighted by atomic mass is 32.2. The standard InChI is InChI=1S/C18H21N3O3S/c1-3-20-16-11-10-15(12-17(16)21(4-2)18(20)22)25(23,24)19-13-14-8-6-5-7-9-14/h5-12,19H,3-4,13H2,1-2H3. The first-order chi connectivity index (χ1) is 12.0. The van der Waals surface area contributed by atoms with E-state index in [-0.39, 0.29) is 17.1 Å². The summed E-state index contributed by atoms with van der Waals surface area (Å²) in [7, 11) is -3.66. The molecule has 0 saturated carbocycles. The van der Waals surface area contributed by atoms with Crippen LogP contribution in [0.3, 0.4) is 0 Å². The maximum atomic E-state index is 12.6. The monoisotopic (exact) mass is 359 g/mol. The second-order valence-corrected chi connectivity index (χ2v) is 7.50. The summed E-state index contributed by atoms with van der Waals surface area (Å²) in [6.45, 7) is 5.02. The van der Waals surface area contributed by atoms with Crippen LogP contribution in [0.25, 0.3) is 11.0 Å². The molecule has 0 spiro atoms. The van der Waals surface area contributed by atoms with E-state index in [1.807, 2.05) is 44.2 Å². The fourth-order valence-corrected chi connectivity index (χ4v) is 3.97. The molecule has 3 rings (SSSR count). The first-order valence-electron chi connectivity index (χ1n) is 8.24. The van der Waals surface area contributed by atoms with Gasteiger partial charge in [0.25, 0.3) is 0 Å². The average Bonchev–Trinajstić information content (AvgIpc) is 2.90. The molecule has 0 amide bonds. The van der Waals surface area contributed by atoms with Crippen molar-refractivity contribution in [2.24, 2.45) is 0 Å². The zero-order chi connectivity index (χ0) is 18.0. The molecule has 0 aliphatic carbocycles. The van der Waals surface area contributed by atoms with Gasteiger partial charge in [-0.3, -0.25) is 9.13 Å². The second kappa shape index (κ2) is 6.85. The molecule has 0 unspecified atom stereocenters. The largest absolute Gasteiger partial charge is 0.329 e. The number of benzene rings is 2. The number of rotatable bonds is 6. The maximum absolute atomic E-state index is 12.6. The third kappa shape index (κ3) is 3.25. The van der Waals surface area contributed by atoms with Crippen LogP contribution in [0, 0.1) is 0 Å². The van der Waals surface area contributed by atoms with Crippen molar-refractivity contribution in [2.45, 2.75) is 38.4 Å². The van der Waals surface area contributed by atoms with E-state index in [4.69, 9.17) is 0 Å². The van der Waals surface area contributed by atoms with Gasteiger partial charge < -0.3 is 0 Å². The minimum atomic E-state index is -3.66. The molecule has 132 valence electrons. The van der Waals surface area contributed by atoms with E-state index in [1.165, 1.54) is 0 Å². The van der Waals surface area contributed by atoms with Crippen LogP contribution in [0.1, 0.15) is 19.4 Å². The van der Waals surface area contributed by atoms with Crippen molar-refractivity contribution in [2.75, 3.05) is 0 Å². The van der Waals surface area contributed by atoms with Crippen molar-refractivity contribution in [3.05, 3.63) is 64.6 Å². The lowest BCUT2D eigenvalue weighted by Crippen LogP contribution is -2.23. The molecule has 0 saturated heterocycles. The normalized spacial score (nSPS) is 11.9. The van der Waals surface area contributed by atoms with Gasteiger partial charge in [0.15, 0.2) is 0 Å². The number of nitrogens with zero attached hydrogens (tertiary/aromatic N) is 2. The lowest BCUT2D eigenvalue weighted by molar-refractivity contribution is 0.581. The van der Waals surface area contributed by atoms with Crippen LogP contribution in [0.4, 0.5) is 0 Å². The Morgan fingerprint density at radius 2 is 1.56 bits per heavy atom. The fraction of sp³-hybridized carbons (Fsp3) is 0.278. The minimum Gasteiger partial charge on any atom is -0.292 e. The van der Waals surface area contributed by atoms with Crippen molar-refractivity contribution in [3.8, 4) is 0 Å². The zero-order valence-corrected chi connectivity index (χ0v) is 15.1. The predicted octanol–water partition coefficient (Wildman–Crippen LogP) is 2.32. The van der Waals surface area contributed by atoms with E-state index in [0.717, 1.165) is 11.1 Å². The van der Waals surface area contributed by atoms with Gasteiger partial charge in [-0.15, -0.1) is 0 Å². The molecule has 6 nitrogen and oxygen atoms in total. The summed E-state index contributed by atoms with van der Waals surface area (Å²) in [5.74, 6) is 0. The van der Waals surface area contributed by atoms with Crippen LogP contribution < -0.4 is 10.4 Å². The fourth-order valence-electron chi connectivity index (χ4n) is 2.94. The van der Waals surface area contributed by atoms with Crippen LogP contribution in [-0.2, 0) is 29.7 Å². The molecular formula is C18H21N3O3S. The molecule has 1 heterocycles. The van der Waals surface area contributed by atoms with Crippen LogP contribution in [0.5, 0.6) is 0 Å². The molecule has 3 aromatic rings. The lowest BCUT2D eigenvalue weighted by atomic mass is 10.2. The number of nitrogens with one attached hydrogen (secondary N) is 1. The van der Waals surface area contributed by atoms with E-state index in [0.29, 0.717) is 18.6 Å². The van der Waals surface area contributed by atoms with Crippen molar-refractivity contribution >= 4 is 21.1 Å². The van der Waals surface area contributed by atoms with E-state index in [1.54, 1.807) is 27.3 Å². The Kier molecular flexibility index (Phi) is 4.78. The van der Waals surface area contributed by atoms with Crippen LogP contribution >= 0.6 is 0 Å². The van der Waals surface area contributed by atoms with Gasteiger partial charge in [0.05, 0.1) is 15.9 Å². The summed E-state index contributed by atoms with van der Waals surface area (Å²) in [5.41, 5.74) is 2.15. The summed E-state index contributed by atoms with van der Waals surface area (Å²) >= 11 is 0. The predicted molar refractivity (Wildman–Crippen MR) is 98.0 cm³/mol. The summed E-state index contributed by atoms with van der Waals surface area (Å²) in [6, 6.07) is 14.1. The molecule has 1 aromatic heterocycles. The van der Waals surface area contributed by atoms with Gasteiger partial charge in [-0.1, -0.05) is 30.3 Å². The Morgan fingerprint density at radius 3 is 2.20 bits per heavy atom. The van der Waals surface area contributed by atoms with E-state index in [9.17, 15) is 13.2 Å². The van der Waals surface area contributed by atoms with Crippen molar-refractivity contribution in [1.82, 2.24) is 13.9 Å². The van der Waals surface area contributed by atoms with Crippen molar-refractivity contribution < 1.29 is 8.42 Å². The molecule has 25 heavy (non-hydrogen) atoms.